The van der Waals surface area contributed by atoms with Gasteiger partial charge in [-0.15, -0.1) is 11.3 Å². The largest absolute Gasteiger partial charge is 0.488 e. The topological polar surface area (TPSA) is 56.6 Å². The van der Waals surface area contributed by atoms with Gasteiger partial charge in [0.25, 0.3) is 5.91 Å². The summed E-state index contributed by atoms with van der Waals surface area (Å²) < 4.78 is 20.4. The number of benzene rings is 1. The van der Waals surface area contributed by atoms with Crippen LogP contribution in [0.25, 0.3) is 0 Å². The van der Waals surface area contributed by atoms with Gasteiger partial charge in [-0.05, 0) is 57.4 Å². The van der Waals surface area contributed by atoms with Crippen molar-refractivity contribution < 1.29 is 13.9 Å². The first-order valence-corrected chi connectivity index (χ1v) is 11.4. The summed E-state index contributed by atoms with van der Waals surface area (Å²) in [4.78, 5) is 18.2. The molecule has 30 heavy (non-hydrogen) atoms. The molecule has 0 radical (unpaired) electrons. The molecule has 0 aliphatic carbocycles. The fraction of sp³-hybridized carbons (Fsp3) is 0.478. The number of likely N-dealkylation sites (tertiary alicyclic amines) is 2. The third-order valence-electron chi connectivity index (χ3n) is 6.11. The third kappa shape index (κ3) is 4.50. The van der Waals surface area contributed by atoms with E-state index in [2.05, 4.69) is 17.9 Å². The average Bonchev–Trinajstić information content (AvgIpc) is 3.48. The first-order valence-electron chi connectivity index (χ1n) is 10.5. The van der Waals surface area contributed by atoms with E-state index in [1.165, 1.54) is 36.3 Å². The number of hydrogen-bond donors (Lipinski definition) is 0. The van der Waals surface area contributed by atoms with Gasteiger partial charge in [0.05, 0.1) is 11.1 Å². The Morgan fingerprint density at radius 3 is 2.83 bits per heavy atom. The van der Waals surface area contributed by atoms with Crippen LogP contribution in [-0.4, -0.2) is 47.4 Å². The van der Waals surface area contributed by atoms with Crippen LogP contribution in [0.1, 0.15) is 53.4 Å². The van der Waals surface area contributed by atoms with Crippen molar-refractivity contribution in [1.82, 2.24) is 9.80 Å². The molecule has 2 fully saturated rings. The number of carbonyl (C=O) groups excluding carboxylic acids is 1. The number of ether oxygens (including phenoxy) is 1. The van der Waals surface area contributed by atoms with Gasteiger partial charge in [-0.3, -0.25) is 9.69 Å². The summed E-state index contributed by atoms with van der Waals surface area (Å²) in [5.41, 5.74) is 0.695. The van der Waals surface area contributed by atoms with Crippen LogP contribution < -0.4 is 4.74 Å². The zero-order valence-electron chi connectivity index (χ0n) is 17.1. The average molecular weight is 428 g/mol. The Kier molecular flexibility index (Phi) is 6.35. The molecule has 5 nitrogen and oxygen atoms in total. The van der Waals surface area contributed by atoms with Gasteiger partial charge in [0.1, 0.15) is 24.2 Å². The Hall–Kier alpha value is -2.43. The fourth-order valence-electron chi connectivity index (χ4n) is 4.41. The molecule has 2 aliphatic heterocycles. The molecule has 158 valence electrons. The molecule has 0 saturated carbocycles. The normalized spacial score (nSPS) is 21.7. The molecule has 0 unspecified atom stereocenters. The number of thiophene rings is 1. The predicted octanol–water partition coefficient (Wildman–Crippen LogP) is 4.43. The van der Waals surface area contributed by atoms with Crippen LogP contribution in [-0.2, 0) is 6.61 Å². The summed E-state index contributed by atoms with van der Waals surface area (Å²) in [6, 6.07) is 8.99. The molecule has 1 aromatic heterocycles. The highest BCUT2D eigenvalue weighted by Gasteiger charge is 2.33. The van der Waals surface area contributed by atoms with Crippen LogP contribution in [0.2, 0.25) is 0 Å². The van der Waals surface area contributed by atoms with Crippen molar-refractivity contribution in [3.8, 4) is 11.8 Å². The van der Waals surface area contributed by atoms with Gasteiger partial charge in [-0.2, -0.15) is 5.26 Å². The lowest BCUT2D eigenvalue weighted by Gasteiger charge is -2.31. The smallest absolute Gasteiger partial charge is 0.257 e. The summed E-state index contributed by atoms with van der Waals surface area (Å²) in [5.74, 6) is -0.410. The van der Waals surface area contributed by atoms with Crippen LogP contribution in [0.4, 0.5) is 4.39 Å². The van der Waals surface area contributed by atoms with E-state index in [1.54, 1.807) is 17.5 Å². The predicted molar refractivity (Wildman–Crippen MR) is 114 cm³/mol. The molecule has 0 N–H and O–H groups in total. The second-order valence-corrected chi connectivity index (χ2v) is 9.12. The first-order chi connectivity index (χ1) is 14.5. The van der Waals surface area contributed by atoms with Gasteiger partial charge >= 0.3 is 0 Å². The highest BCUT2D eigenvalue weighted by atomic mass is 32.1. The number of hydrogen-bond acceptors (Lipinski definition) is 5. The van der Waals surface area contributed by atoms with Crippen LogP contribution >= 0.6 is 11.3 Å². The SMILES string of the molecule is C[C@@H]1CCCN1C[C@@H]1CCCN1C(=O)c1ccc(OCc2cc(C#N)cs2)cc1F. The highest BCUT2D eigenvalue weighted by Crippen LogP contribution is 2.27. The molecule has 3 heterocycles. The van der Waals surface area contributed by atoms with E-state index in [1.807, 2.05) is 4.90 Å². The minimum Gasteiger partial charge on any atom is -0.488 e. The monoisotopic (exact) mass is 427 g/mol. The lowest BCUT2D eigenvalue weighted by molar-refractivity contribution is 0.0692. The lowest BCUT2D eigenvalue weighted by Crippen LogP contribution is -2.44. The van der Waals surface area contributed by atoms with E-state index in [-0.39, 0.29) is 24.1 Å². The molecule has 1 amide bonds. The Labute approximate surface area is 180 Å². The molecule has 0 spiro atoms. The zero-order valence-corrected chi connectivity index (χ0v) is 18.0. The maximum absolute atomic E-state index is 14.8. The van der Waals surface area contributed by atoms with Crippen LogP contribution in [0, 0.1) is 17.1 Å². The standard InChI is InChI=1S/C23H26FN3O2S/c1-16-4-2-8-26(16)13-18-5-3-9-27(18)23(28)21-7-6-19(11-22(21)24)29-14-20-10-17(12-25)15-30-20/h6-7,10-11,15-16,18H,2-5,8-9,13-14H2,1H3/t16-,18+/m1/s1. The second-order valence-electron chi connectivity index (χ2n) is 8.12. The molecule has 2 aromatic rings. The van der Waals surface area contributed by atoms with E-state index in [0.29, 0.717) is 23.9 Å². The summed E-state index contributed by atoms with van der Waals surface area (Å²) in [5, 5.41) is 10.6. The number of rotatable bonds is 6. The number of nitriles is 1. The molecule has 0 bridgehead atoms. The van der Waals surface area contributed by atoms with Crippen molar-refractivity contribution in [2.24, 2.45) is 0 Å². The number of halogens is 1. The Bertz CT molecular complexity index is 954. The maximum atomic E-state index is 14.8. The summed E-state index contributed by atoms with van der Waals surface area (Å²) in [7, 11) is 0. The van der Waals surface area contributed by atoms with Gasteiger partial charge in [0.2, 0.25) is 0 Å². The fourth-order valence-corrected chi connectivity index (χ4v) is 5.13. The van der Waals surface area contributed by atoms with Crippen LogP contribution in [0.5, 0.6) is 5.75 Å². The van der Waals surface area contributed by atoms with Crippen molar-refractivity contribution in [2.75, 3.05) is 19.6 Å². The summed E-state index contributed by atoms with van der Waals surface area (Å²) in [6.45, 7) is 5.15. The quantitative estimate of drug-likeness (QED) is 0.685. The van der Waals surface area contributed by atoms with E-state index >= 15 is 0 Å². The van der Waals surface area contributed by atoms with Gasteiger partial charge in [0.15, 0.2) is 0 Å². The van der Waals surface area contributed by atoms with Crippen molar-refractivity contribution >= 4 is 17.2 Å². The van der Waals surface area contributed by atoms with Crippen molar-refractivity contribution in [1.29, 1.82) is 5.26 Å². The van der Waals surface area contributed by atoms with Crippen molar-refractivity contribution in [2.45, 2.75) is 51.3 Å². The Morgan fingerprint density at radius 1 is 1.30 bits per heavy atom. The lowest BCUT2D eigenvalue weighted by atomic mass is 10.1. The van der Waals surface area contributed by atoms with E-state index in [9.17, 15) is 9.18 Å². The molecular weight excluding hydrogens is 401 g/mol. The zero-order chi connectivity index (χ0) is 21.1. The van der Waals surface area contributed by atoms with E-state index < -0.39 is 5.82 Å². The van der Waals surface area contributed by atoms with Crippen molar-refractivity contribution in [3.05, 3.63) is 51.5 Å². The van der Waals surface area contributed by atoms with E-state index in [0.717, 1.165) is 30.8 Å². The van der Waals surface area contributed by atoms with Crippen LogP contribution in [0.15, 0.2) is 29.6 Å². The summed E-state index contributed by atoms with van der Waals surface area (Å²) in [6.07, 6.45) is 4.36. The van der Waals surface area contributed by atoms with Gasteiger partial charge in [-0.1, -0.05) is 0 Å². The van der Waals surface area contributed by atoms with E-state index in [4.69, 9.17) is 10.00 Å². The van der Waals surface area contributed by atoms with Gasteiger partial charge in [0, 0.05) is 41.5 Å². The maximum Gasteiger partial charge on any atom is 0.257 e. The molecule has 1 aromatic carbocycles. The minimum absolute atomic E-state index is 0.103. The highest BCUT2D eigenvalue weighted by molar-refractivity contribution is 7.10. The molecule has 2 atom stereocenters. The third-order valence-corrected chi connectivity index (χ3v) is 7.02. The number of carbonyl (C=O) groups is 1. The Balaban J connectivity index is 1.40. The summed E-state index contributed by atoms with van der Waals surface area (Å²) >= 11 is 1.43. The molecule has 4 rings (SSSR count). The van der Waals surface area contributed by atoms with Crippen molar-refractivity contribution in [3.63, 3.8) is 0 Å². The second kappa shape index (κ2) is 9.15. The van der Waals surface area contributed by atoms with Gasteiger partial charge in [-0.25, -0.2) is 4.39 Å². The van der Waals surface area contributed by atoms with Crippen LogP contribution in [0.3, 0.4) is 0 Å². The number of nitrogens with zero attached hydrogens (tertiary/aromatic N) is 3. The Morgan fingerprint density at radius 2 is 2.13 bits per heavy atom. The molecule has 2 aliphatic rings. The number of amides is 1. The minimum atomic E-state index is -0.554. The molecular formula is C23H26FN3O2S. The molecule has 7 heteroatoms. The molecule has 2 saturated heterocycles. The van der Waals surface area contributed by atoms with Gasteiger partial charge < -0.3 is 9.64 Å². The first kappa shape index (κ1) is 20.8.